The Hall–Kier alpha value is -1.08. The van der Waals surface area contributed by atoms with E-state index in [1.54, 1.807) is 6.92 Å². The normalized spacial score (nSPS) is 11.4. The Bertz CT molecular complexity index is 479. The molecule has 0 spiro atoms. The van der Waals surface area contributed by atoms with Crippen LogP contribution in [0.5, 0.6) is 0 Å². The minimum absolute atomic E-state index is 0.130. The van der Waals surface area contributed by atoms with Crippen LogP contribution in [0.1, 0.15) is 23.0 Å². The van der Waals surface area contributed by atoms with Crippen molar-refractivity contribution in [1.82, 2.24) is 10.2 Å². The van der Waals surface area contributed by atoms with Crippen molar-refractivity contribution in [3.63, 3.8) is 0 Å². The Morgan fingerprint density at radius 1 is 1.60 bits per heavy atom. The average molecular weight is 253 g/mol. The van der Waals surface area contributed by atoms with Crippen molar-refractivity contribution in [3.05, 3.63) is 11.3 Å². The van der Waals surface area contributed by atoms with Gasteiger partial charge in [0.05, 0.1) is 12.8 Å². The van der Waals surface area contributed by atoms with Gasteiger partial charge < -0.3 is 4.74 Å². The third-order valence-electron chi connectivity index (χ3n) is 1.78. The van der Waals surface area contributed by atoms with Gasteiger partial charge in [0.2, 0.25) is 5.03 Å². The Labute approximate surface area is 91.0 Å². The molecule has 0 fully saturated rings. The molecule has 0 saturated heterocycles. The molecule has 0 amide bonds. The molecule has 0 radical (unpaired) electrons. The summed E-state index contributed by atoms with van der Waals surface area (Å²) in [5, 5.41) is 5.42. The SMILES string of the molecule is CCc1[nH]nc(S(=O)(=O)Cl)c1C(=O)OC. The van der Waals surface area contributed by atoms with Crippen LogP contribution in [0, 0.1) is 0 Å². The van der Waals surface area contributed by atoms with Crippen LogP contribution in [-0.4, -0.2) is 31.7 Å². The predicted octanol–water partition coefficient (Wildman–Crippen LogP) is 0.686. The molecule has 0 saturated carbocycles. The number of H-pyrrole nitrogens is 1. The molecular formula is C7H9ClN2O4S. The fraction of sp³-hybridized carbons (Fsp3) is 0.429. The van der Waals surface area contributed by atoms with Crippen LogP contribution >= 0.6 is 10.7 Å². The maximum atomic E-state index is 11.3. The topological polar surface area (TPSA) is 89.1 Å². The smallest absolute Gasteiger partial charge is 0.342 e. The van der Waals surface area contributed by atoms with E-state index < -0.39 is 20.0 Å². The number of carbonyl (C=O) groups is 1. The summed E-state index contributed by atoms with van der Waals surface area (Å²) in [4.78, 5) is 11.3. The number of halogens is 1. The number of carbonyl (C=O) groups excluding carboxylic acids is 1. The summed E-state index contributed by atoms with van der Waals surface area (Å²) in [6.07, 6.45) is 0.420. The minimum Gasteiger partial charge on any atom is -0.465 e. The zero-order valence-electron chi connectivity index (χ0n) is 8.07. The third-order valence-corrected chi connectivity index (χ3v) is 2.98. The molecule has 1 aromatic heterocycles. The van der Waals surface area contributed by atoms with Gasteiger partial charge >= 0.3 is 5.97 Å². The lowest BCUT2D eigenvalue weighted by Crippen LogP contribution is -2.08. The molecular weight excluding hydrogens is 244 g/mol. The van der Waals surface area contributed by atoms with Crippen molar-refractivity contribution in [2.24, 2.45) is 0 Å². The molecule has 0 aliphatic rings. The van der Waals surface area contributed by atoms with Crippen LogP contribution in [-0.2, 0) is 20.2 Å². The molecule has 0 aliphatic carbocycles. The maximum absolute atomic E-state index is 11.3. The number of ether oxygens (including phenoxy) is 1. The molecule has 0 atom stereocenters. The van der Waals surface area contributed by atoms with E-state index in [1.807, 2.05) is 0 Å². The summed E-state index contributed by atoms with van der Waals surface area (Å²) < 4.78 is 26.6. The monoisotopic (exact) mass is 252 g/mol. The molecule has 1 heterocycles. The van der Waals surface area contributed by atoms with E-state index >= 15 is 0 Å². The molecule has 0 unspecified atom stereocenters. The Balaban J connectivity index is 3.43. The maximum Gasteiger partial charge on any atom is 0.342 e. The van der Waals surface area contributed by atoms with E-state index in [1.165, 1.54) is 0 Å². The van der Waals surface area contributed by atoms with E-state index in [4.69, 9.17) is 10.7 Å². The molecule has 84 valence electrons. The highest BCUT2D eigenvalue weighted by molar-refractivity contribution is 8.13. The van der Waals surface area contributed by atoms with Gasteiger partial charge in [0.1, 0.15) is 5.56 Å². The van der Waals surface area contributed by atoms with Crippen LogP contribution in [0.25, 0.3) is 0 Å². The average Bonchev–Trinajstić information content (AvgIpc) is 2.59. The largest absolute Gasteiger partial charge is 0.465 e. The minimum atomic E-state index is -4.05. The van der Waals surface area contributed by atoms with Gasteiger partial charge in [-0.25, -0.2) is 13.2 Å². The summed E-state index contributed by atoms with van der Waals surface area (Å²) in [5.41, 5.74) is 0.246. The summed E-state index contributed by atoms with van der Waals surface area (Å²) in [6, 6.07) is 0. The Kier molecular flexibility index (Phi) is 3.35. The molecule has 15 heavy (non-hydrogen) atoms. The number of nitrogens with one attached hydrogen (secondary N) is 1. The lowest BCUT2D eigenvalue weighted by molar-refractivity contribution is 0.0595. The van der Waals surface area contributed by atoms with Crippen molar-refractivity contribution < 1.29 is 17.9 Å². The first kappa shape index (κ1) is 12.0. The van der Waals surface area contributed by atoms with Gasteiger partial charge in [-0.05, 0) is 6.42 Å². The summed E-state index contributed by atoms with van der Waals surface area (Å²) in [6.45, 7) is 1.74. The number of aromatic nitrogens is 2. The van der Waals surface area contributed by atoms with E-state index in [-0.39, 0.29) is 5.56 Å². The second-order valence-corrected chi connectivity index (χ2v) is 5.15. The second kappa shape index (κ2) is 4.19. The number of aryl methyl sites for hydroxylation is 1. The number of hydrogen-bond donors (Lipinski definition) is 1. The number of hydrogen-bond acceptors (Lipinski definition) is 5. The lowest BCUT2D eigenvalue weighted by atomic mass is 10.2. The second-order valence-electron chi connectivity index (χ2n) is 2.67. The zero-order chi connectivity index (χ0) is 11.6. The summed E-state index contributed by atoms with van der Waals surface area (Å²) in [7, 11) is 2.22. The zero-order valence-corrected chi connectivity index (χ0v) is 9.65. The van der Waals surface area contributed by atoms with Crippen LogP contribution in [0.2, 0.25) is 0 Å². The van der Waals surface area contributed by atoms with Crippen molar-refractivity contribution in [2.45, 2.75) is 18.4 Å². The fourth-order valence-corrected chi connectivity index (χ4v) is 2.04. The first-order valence-corrected chi connectivity index (χ1v) is 6.33. The van der Waals surface area contributed by atoms with Crippen molar-refractivity contribution >= 4 is 25.7 Å². The summed E-state index contributed by atoms with van der Waals surface area (Å²) in [5.74, 6) is -0.778. The first-order valence-electron chi connectivity index (χ1n) is 4.02. The highest BCUT2D eigenvalue weighted by atomic mass is 35.7. The highest BCUT2D eigenvalue weighted by Gasteiger charge is 2.27. The molecule has 8 heteroatoms. The molecule has 0 aromatic carbocycles. The van der Waals surface area contributed by atoms with E-state index in [2.05, 4.69) is 14.9 Å². The Morgan fingerprint density at radius 3 is 2.60 bits per heavy atom. The number of rotatable bonds is 3. The quantitative estimate of drug-likeness (QED) is 0.631. The van der Waals surface area contributed by atoms with E-state index in [0.717, 1.165) is 7.11 Å². The van der Waals surface area contributed by atoms with Crippen LogP contribution in [0.4, 0.5) is 0 Å². The van der Waals surface area contributed by atoms with Gasteiger partial charge in [-0.15, -0.1) is 0 Å². The first-order chi connectivity index (χ1) is 6.91. The van der Waals surface area contributed by atoms with E-state index in [0.29, 0.717) is 12.1 Å². The molecule has 6 nitrogen and oxygen atoms in total. The van der Waals surface area contributed by atoms with Gasteiger partial charge in [0.15, 0.2) is 0 Å². The third kappa shape index (κ3) is 2.29. The molecule has 1 N–H and O–H groups in total. The number of nitrogens with zero attached hydrogens (tertiary/aromatic N) is 1. The van der Waals surface area contributed by atoms with Crippen molar-refractivity contribution in [2.75, 3.05) is 7.11 Å². The van der Waals surface area contributed by atoms with Gasteiger partial charge in [-0.3, -0.25) is 5.10 Å². The van der Waals surface area contributed by atoms with Crippen molar-refractivity contribution in [1.29, 1.82) is 0 Å². The molecule has 0 aliphatic heterocycles. The van der Waals surface area contributed by atoms with E-state index in [9.17, 15) is 13.2 Å². The molecule has 1 aromatic rings. The molecule has 0 bridgehead atoms. The fourth-order valence-electron chi connectivity index (χ4n) is 1.10. The standard InChI is InChI=1S/C7H9ClN2O4S/c1-3-4-5(7(11)14-2)6(10-9-4)15(8,12)13/h3H2,1-2H3,(H,9,10). The lowest BCUT2D eigenvalue weighted by Gasteiger charge is -1.99. The number of aromatic amines is 1. The predicted molar refractivity (Wildman–Crippen MR) is 52.3 cm³/mol. The molecule has 1 rings (SSSR count). The Morgan fingerprint density at radius 2 is 2.20 bits per heavy atom. The van der Waals surface area contributed by atoms with Crippen LogP contribution < -0.4 is 0 Å². The summed E-state index contributed by atoms with van der Waals surface area (Å²) >= 11 is 0. The van der Waals surface area contributed by atoms with Gasteiger partial charge in [0, 0.05) is 10.7 Å². The number of methoxy groups -OCH3 is 1. The van der Waals surface area contributed by atoms with Gasteiger partial charge in [-0.2, -0.15) is 5.10 Å². The number of esters is 1. The van der Waals surface area contributed by atoms with Gasteiger partial charge in [0.25, 0.3) is 9.05 Å². The van der Waals surface area contributed by atoms with Crippen molar-refractivity contribution in [3.8, 4) is 0 Å². The highest BCUT2D eigenvalue weighted by Crippen LogP contribution is 2.21. The van der Waals surface area contributed by atoms with Crippen LogP contribution in [0.15, 0.2) is 5.03 Å². The van der Waals surface area contributed by atoms with Crippen LogP contribution in [0.3, 0.4) is 0 Å². The van der Waals surface area contributed by atoms with Gasteiger partial charge in [-0.1, -0.05) is 6.92 Å².